The fourth-order valence-electron chi connectivity index (χ4n) is 2.66. The summed E-state index contributed by atoms with van der Waals surface area (Å²) in [5.74, 6) is -0.843. The van der Waals surface area contributed by atoms with E-state index in [-0.39, 0.29) is 24.7 Å². The molecule has 1 aliphatic rings. The Labute approximate surface area is 143 Å². The SMILES string of the molecule is CCc1cc(C(=O)OCC(=O)c2ccc3c(c2)CC(=O)N3)sc1C. The molecule has 124 valence electrons. The molecule has 2 heterocycles. The van der Waals surface area contributed by atoms with E-state index in [4.69, 9.17) is 4.74 Å². The standard InChI is InChI=1S/C18H17NO4S/c1-3-11-7-16(24-10(11)2)18(22)23-9-15(20)12-4-5-14-13(6-12)8-17(21)19-14/h4-7H,3,8-9H2,1-2H3,(H,19,21). The van der Waals surface area contributed by atoms with Gasteiger partial charge in [0.2, 0.25) is 5.91 Å². The van der Waals surface area contributed by atoms with Crippen LogP contribution >= 0.6 is 11.3 Å². The van der Waals surface area contributed by atoms with E-state index in [1.165, 1.54) is 11.3 Å². The number of Topliss-reactive ketones (excluding diaryl/α,β-unsaturated/α-hetero) is 1. The molecule has 1 aromatic heterocycles. The second kappa shape index (κ2) is 6.57. The van der Waals surface area contributed by atoms with Gasteiger partial charge in [-0.05, 0) is 48.7 Å². The predicted octanol–water partition coefficient (Wildman–Crippen LogP) is 3.15. The van der Waals surface area contributed by atoms with Crippen LogP contribution in [0.2, 0.25) is 0 Å². The molecule has 5 nitrogen and oxygen atoms in total. The molecule has 3 rings (SSSR count). The lowest BCUT2D eigenvalue weighted by Crippen LogP contribution is -2.13. The second-order valence-electron chi connectivity index (χ2n) is 5.64. The molecule has 0 saturated carbocycles. The molecule has 1 amide bonds. The molecule has 1 aliphatic heterocycles. The maximum absolute atomic E-state index is 12.2. The molecule has 0 unspecified atom stereocenters. The van der Waals surface area contributed by atoms with Crippen LogP contribution in [0.5, 0.6) is 0 Å². The molecule has 0 fully saturated rings. The minimum Gasteiger partial charge on any atom is -0.453 e. The van der Waals surface area contributed by atoms with Crippen LogP contribution in [0, 0.1) is 6.92 Å². The Morgan fingerprint density at radius 1 is 1.29 bits per heavy atom. The van der Waals surface area contributed by atoms with Crippen molar-refractivity contribution in [2.24, 2.45) is 0 Å². The summed E-state index contributed by atoms with van der Waals surface area (Å²) in [6.45, 7) is 3.68. The van der Waals surface area contributed by atoms with Crippen molar-refractivity contribution in [3.63, 3.8) is 0 Å². The van der Waals surface area contributed by atoms with Gasteiger partial charge in [0.25, 0.3) is 0 Å². The maximum atomic E-state index is 12.2. The van der Waals surface area contributed by atoms with Gasteiger partial charge < -0.3 is 10.1 Å². The van der Waals surface area contributed by atoms with Crippen molar-refractivity contribution >= 4 is 34.7 Å². The molecule has 0 bridgehead atoms. The van der Waals surface area contributed by atoms with E-state index in [0.717, 1.165) is 28.1 Å². The maximum Gasteiger partial charge on any atom is 0.348 e. The van der Waals surface area contributed by atoms with E-state index in [2.05, 4.69) is 5.32 Å². The van der Waals surface area contributed by atoms with Crippen LogP contribution in [0.15, 0.2) is 24.3 Å². The zero-order chi connectivity index (χ0) is 17.3. The molecular weight excluding hydrogens is 326 g/mol. The molecular formula is C18H17NO4S. The van der Waals surface area contributed by atoms with Crippen molar-refractivity contribution in [3.8, 4) is 0 Å². The van der Waals surface area contributed by atoms with Gasteiger partial charge in [-0.1, -0.05) is 6.92 Å². The Kier molecular flexibility index (Phi) is 4.49. The lowest BCUT2D eigenvalue weighted by molar-refractivity contribution is -0.115. The summed E-state index contributed by atoms with van der Waals surface area (Å²) in [7, 11) is 0. The fourth-order valence-corrected chi connectivity index (χ4v) is 3.67. The lowest BCUT2D eigenvalue weighted by Gasteiger charge is -2.05. The summed E-state index contributed by atoms with van der Waals surface area (Å²) >= 11 is 1.38. The first-order valence-electron chi connectivity index (χ1n) is 7.70. The second-order valence-corrected chi connectivity index (χ2v) is 6.90. The first kappa shape index (κ1) is 16.4. The molecule has 0 radical (unpaired) electrons. The number of ether oxygens (including phenoxy) is 1. The van der Waals surface area contributed by atoms with Crippen molar-refractivity contribution < 1.29 is 19.1 Å². The molecule has 0 aliphatic carbocycles. The van der Waals surface area contributed by atoms with Crippen LogP contribution in [0.4, 0.5) is 5.69 Å². The third kappa shape index (κ3) is 3.23. The van der Waals surface area contributed by atoms with Crippen LogP contribution < -0.4 is 5.32 Å². The van der Waals surface area contributed by atoms with Crippen LogP contribution in [0.3, 0.4) is 0 Å². The minimum atomic E-state index is -0.478. The summed E-state index contributed by atoms with van der Waals surface area (Å²) in [6, 6.07) is 6.82. The number of thiophene rings is 1. The van der Waals surface area contributed by atoms with Crippen LogP contribution in [0.1, 0.15) is 43.0 Å². The normalized spacial score (nSPS) is 12.7. The van der Waals surface area contributed by atoms with E-state index in [9.17, 15) is 14.4 Å². The van der Waals surface area contributed by atoms with Gasteiger partial charge in [0, 0.05) is 16.1 Å². The largest absolute Gasteiger partial charge is 0.453 e. The van der Waals surface area contributed by atoms with Crippen molar-refractivity contribution in [2.75, 3.05) is 11.9 Å². The Bertz CT molecular complexity index is 838. The van der Waals surface area contributed by atoms with Gasteiger partial charge in [-0.25, -0.2) is 4.79 Å². The minimum absolute atomic E-state index is 0.0826. The molecule has 0 spiro atoms. The summed E-state index contributed by atoms with van der Waals surface area (Å²) < 4.78 is 5.14. The Morgan fingerprint density at radius 2 is 2.08 bits per heavy atom. The summed E-state index contributed by atoms with van der Waals surface area (Å²) in [4.78, 5) is 37.2. The average molecular weight is 343 g/mol. The van der Waals surface area contributed by atoms with Crippen molar-refractivity contribution in [1.29, 1.82) is 0 Å². The molecule has 2 aromatic rings. The number of anilines is 1. The van der Waals surface area contributed by atoms with E-state index in [0.29, 0.717) is 10.4 Å². The van der Waals surface area contributed by atoms with Gasteiger partial charge in [0.15, 0.2) is 12.4 Å². The number of esters is 1. The van der Waals surface area contributed by atoms with Crippen LogP contribution in [-0.4, -0.2) is 24.3 Å². The number of fused-ring (bicyclic) bond motifs is 1. The smallest absolute Gasteiger partial charge is 0.348 e. The first-order chi connectivity index (χ1) is 11.5. The van der Waals surface area contributed by atoms with Gasteiger partial charge in [-0.3, -0.25) is 9.59 Å². The molecule has 1 N–H and O–H groups in total. The lowest BCUT2D eigenvalue weighted by atomic mass is 10.1. The highest BCUT2D eigenvalue weighted by Crippen LogP contribution is 2.25. The van der Waals surface area contributed by atoms with Crippen molar-refractivity contribution in [1.82, 2.24) is 0 Å². The zero-order valence-electron chi connectivity index (χ0n) is 13.5. The number of hydrogen-bond acceptors (Lipinski definition) is 5. The molecule has 6 heteroatoms. The quantitative estimate of drug-likeness (QED) is 0.669. The fraction of sp³-hybridized carbons (Fsp3) is 0.278. The number of ketones is 1. The molecule has 1 aromatic carbocycles. The third-order valence-corrected chi connectivity index (χ3v) is 5.06. The van der Waals surface area contributed by atoms with Crippen LogP contribution in [-0.2, 0) is 22.4 Å². The van der Waals surface area contributed by atoms with E-state index < -0.39 is 5.97 Å². The predicted molar refractivity (Wildman–Crippen MR) is 91.8 cm³/mol. The number of nitrogens with one attached hydrogen (secondary N) is 1. The van der Waals surface area contributed by atoms with Gasteiger partial charge in [-0.15, -0.1) is 11.3 Å². The number of carbonyl (C=O) groups is 3. The zero-order valence-corrected chi connectivity index (χ0v) is 14.3. The van der Waals surface area contributed by atoms with E-state index >= 15 is 0 Å². The van der Waals surface area contributed by atoms with Gasteiger partial charge in [0.05, 0.1) is 6.42 Å². The Morgan fingerprint density at radius 3 is 2.79 bits per heavy atom. The molecule has 0 saturated heterocycles. The van der Waals surface area contributed by atoms with Gasteiger partial charge in [-0.2, -0.15) is 0 Å². The molecule has 24 heavy (non-hydrogen) atoms. The highest BCUT2D eigenvalue weighted by atomic mass is 32.1. The summed E-state index contributed by atoms with van der Waals surface area (Å²) in [5.41, 5.74) is 3.08. The number of hydrogen-bond donors (Lipinski definition) is 1. The number of rotatable bonds is 5. The monoisotopic (exact) mass is 343 g/mol. The molecule has 0 atom stereocenters. The van der Waals surface area contributed by atoms with E-state index in [1.807, 2.05) is 19.9 Å². The van der Waals surface area contributed by atoms with Crippen molar-refractivity contribution in [2.45, 2.75) is 26.7 Å². The number of amides is 1. The third-order valence-electron chi connectivity index (χ3n) is 3.99. The Balaban J connectivity index is 1.64. The van der Waals surface area contributed by atoms with E-state index in [1.54, 1.807) is 18.2 Å². The topological polar surface area (TPSA) is 72.5 Å². The summed E-state index contributed by atoms with van der Waals surface area (Å²) in [5, 5.41) is 2.71. The van der Waals surface area contributed by atoms with Gasteiger partial charge in [0.1, 0.15) is 4.88 Å². The summed E-state index contributed by atoms with van der Waals surface area (Å²) in [6.07, 6.45) is 1.13. The number of benzene rings is 1. The highest BCUT2D eigenvalue weighted by molar-refractivity contribution is 7.14. The number of aryl methyl sites for hydroxylation is 2. The highest BCUT2D eigenvalue weighted by Gasteiger charge is 2.20. The van der Waals surface area contributed by atoms with Crippen molar-refractivity contribution in [3.05, 3.63) is 50.7 Å². The average Bonchev–Trinajstić information content (AvgIpc) is 3.12. The Hall–Kier alpha value is -2.47. The van der Waals surface area contributed by atoms with Gasteiger partial charge >= 0.3 is 5.97 Å². The van der Waals surface area contributed by atoms with Crippen LogP contribution in [0.25, 0.3) is 0 Å². The number of carbonyl (C=O) groups excluding carboxylic acids is 3. The first-order valence-corrected chi connectivity index (χ1v) is 8.52.